The molecule has 1 aliphatic rings. The second-order valence-electron chi connectivity index (χ2n) is 8.67. The summed E-state index contributed by atoms with van der Waals surface area (Å²) in [7, 11) is -0.674. The Balaban J connectivity index is 1.60. The number of rotatable bonds is 7. The third-order valence-electron chi connectivity index (χ3n) is 5.85. The van der Waals surface area contributed by atoms with Gasteiger partial charge in [-0.15, -0.1) is 0 Å². The van der Waals surface area contributed by atoms with Gasteiger partial charge in [0.25, 0.3) is 0 Å². The van der Waals surface area contributed by atoms with Gasteiger partial charge in [-0.05, 0) is 44.3 Å². The molecule has 0 radical (unpaired) electrons. The molecule has 166 valence electrons. The Bertz CT molecular complexity index is 873. The van der Waals surface area contributed by atoms with E-state index in [1.807, 2.05) is 64.1 Å². The molecule has 1 fully saturated rings. The molecule has 3 N–H and O–H groups in total. The van der Waals surface area contributed by atoms with Gasteiger partial charge in [-0.2, -0.15) is 0 Å². The molecule has 2 unspecified atom stereocenters. The first-order chi connectivity index (χ1) is 14.6. The summed E-state index contributed by atoms with van der Waals surface area (Å²) >= 11 is 0. The van der Waals surface area contributed by atoms with Crippen molar-refractivity contribution >= 4 is 18.7 Å². The van der Waals surface area contributed by atoms with Crippen molar-refractivity contribution in [1.82, 2.24) is 5.32 Å². The van der Waals surface area contributed by atoms with Crippen molar-refractivity contribution in [1.29, 1.82) is 0 Å². The first kappa shape index (κ1) is 23.3. The van der Waals surface area contributed by atoms with E-state index < -0.39 is 36.6 Å². The van der Waals surface area contributed by atoms with Crippen molar-refractivity contribution in [3.63, 3.8) is 0 Å². The van der Waals surface area contributed by atoms with E-state index in [4.69, 9.17) is 14.0 Å². The molecule has 2 atom stereocenters. The molecular formula is C23H30BNO6. The highest BCUT2D eigenvalue weighted by atomic mass is 16.7. The molecule has 0 aliphatic carbocycles. The van der Waals surface area contributed by atoms with Crippen LogP contribution >= 0.6 is 0 Å². The molecule has 8 heteroatoms. The number of aliphatic hydroxyl groups is 2. The van der Waals surface area contributed by atoms with Crippen LogP contribution in [0.1, 0.15) is 44.9 Å². The summed E-state index contributed by atoms with van der Waals surface area (Å²) in [6, 6.07) is 16.4. The Kier molecular flexibility index (Phi) is 7.06. The van der Waals surface area contributed by atoms with E-state index in [1.54, 1.807) is 18.2 Å². The molecule has 1 saturated heterocycles. The summed E-state index contributed by atoms with van der Waals surface area (Å²) < 4.78 is 17.3. The molecule has 1 amide bonds. The smallest absolute Gasteiger partial charge is 0.445 e. The van der Waals surface area contributed by atoms with Gasteiger partial charge in [0.05, 0.1) is 11.2 Å². The quantitative estimate of drug-likeness (QED) is 0.587. The predicted octanol–water partition coefficient (Wildman–Crippen LogP) is 2.31. The lowest BCUT2D eigenvalue weighted by Crippen LogP contribution is -2.41. The van der Waals surface area contributed by atoms with Crippen LogP contribution < -0.4 is 10.8 Å². The van der Waals surface area contributed by atoms with Crippen molar-refractivity contribution in [2.45, 2.75) is 57.7 Å². The lowest BCUT2D eigenvalue weighted by molar-refractivity contribution is 0.00578. The minimum atomic E-state index is -1.25. The number of alkyl carbamates (subject to hydrolysis) is 1. The maximum absolute atomic E-state index is 11.9. The monoisotopic (exact) mass is 427 g/mol. The fourth-order valence-corrected chi connectivity index (χ4v) is 3.25. The Hall–Kier alpha value is -2.39. The Labute approximate surface area is 183 Å². The first-order valence-corrected chi connectivity index (χ1v) is 10.4. The van der Waals surface area contributed by atoms with Gasteiger partial charge in [-0.25, -0.2) is 4.79 Å². The van der Waals surface area contributed by atoms with Crippen LogP contribution in [0.3, 0.4) is 0 Å². The fraction of sp³-hybridized carbons (Fsp3) is 0.435. The van der Waals surface area contributed by atoms with E-state index in [0.717, 1.165) is 5.56 Å². The Morgan fingerprint density at radius 1 is 1.00 bits per heavy atom. The van der Waals surface area contributed by atoms with Crippen LogP contribution in [-0.4, -0.2) is 47.3 Å². The van der Waals surface area contributed by atoms with Gasteiger partial charge in [-0.1, -0.05) is 54.6 Å². The van der Waals surface area contributed by atoms with Crippen molar-refractivity contribution < 1.29 is 29.1 Å². The number of carbonyl (C=O) groups is 1. The molecule has 0 saturated carbocycles. The predicted molar refractivity (Wildman–Crippen MR) is 118 cm³/mol. The maximum atomic E-state index is 11.9. The highest BCUT2D eigenvalue weighted by Crippen LogP contribution is 2.37. The van der Waals surface area contributed by atoms with Crippen LogP contribution in [0.15, 0.2) is 54.6 Å². The van der Waals surface area contributed by atoms with Crippen molar-refractivity contribution in [3.05, 3.63) is 65.7 Å². The summed E-state index contributed by atoms with van der Waals surface area (Å²) in [5.74, 6) is 0. The average molecular weight is 427 g/mol. The number of hydrogen-bond acceptors (Lipinski definition) is 6. The second-order valence-corrected chi connectivity index (χ2v) is 8.67. The minimum Gasteiger partial charge on any atom is -0.445 e. The topological polar surface area (TPSA) is 97.2 Å². The van der Waals surface area contributed by atoms with E-state index in [9.17, 15) is 15.0 Å². The van der Waals surface area contributed by atoms with Crippen LogP contribution in [0, 0.1) is 0 Å². The number of nitrogens with one attached hydrogen (secondary N) is 1. The van der Waals surface area contributed by atoms with E-state index in [0.29, 0.717) is 11.0 Å². The van der Waals surface area contributed by atoms with Crippen LogP contribution in [0.25, 0.3) is 0 Å². The average Bonchev–Trinajstić information content (AvgIpc) is 2.97. The summed E-state index contributed by atoms with van der Waals surface area (Å²) in [5, 5.41) is 23.7. The highest BCUT2D eigenvalue weighted by molar-refractivity contribution is 6.62. The number of carbonyl (C=O) groups excluding carboxylic acids is 1. The van der Waals surface area contributed by atoms with Crippen molar-refractivity contribution in [2.24, 2.45) is 0 Å². The standard InChI is InChI=1S/C23H30BNO6/c1-22(2)23(3,4)31-24(30-22)18-13-9-8-12-17(18)20(27)19(26)14-25-21(28)29-15-16-10-6-5-7-11-16/h5-13,19-20,26-27H,14-15H2,1-4H3,(H,25,28). The van der Waals surface area contributed by atoms with Gasteiger partial charge in [0.2, 0.25) is 0 Å². The minimum absolute atomic E-state index is 0.121. The number of amides is 1. The first-order valence-electron chi connectivity index (χ1n) is 10.4. The van der Waals surface area contributed by atoms with Crippen molar-refractivity contribution in [2.75, 3.05) is 6.54 Å². The van der Waals surface area contributed by atoms with E-state index in [1.165, 1.54) is 0 Å². The van der Waals surface area contributed by atoms with Gasteiger partial charge in [0, 0.05) is 6.54 Å². The van der Waals surface area contributed by atoms with E-state index in [2.05, 4.69) is 5.32 Å². The molecule has 0 aromatic heterocycles. The summed E-state index contributed by atoms with van der Waals surface area (Å²) in [6.45, 7) is 7.75. The van der Waals surface area contributed by atoms with Gasteiger partial charge < -0.3 is 29.6 Å². The fourth-order valence-electron chi connectivity index (χ4n) is 3.25. The Morgan fingerprint density at radius 2 is 1.58 bits per heavy atom. The van der Waals surface area contributed by atoms with E-state index >= 15 is 0 Å². The molecule has 1 aliphatic heterocycles. The van der Waals surface area contributed by atoms with Gasteiger partial charge in [-0.3, -0.25) is 0 Å². The molecule has 0 bridgehead atoms. The third kappa shape index (κ3) is 5.46. The zero-order valence-electron chi connectivity index (χ0n) is 18.4. The zero-order valence-corrected chi connectivity index (χ0v) is 18.4. The largest absolute Gasteiger partial charge is 0.495 e. The molecule has 0 spiro atoms. The molecule has 1 heterocycles. The van der Waals surface area contributed by atoms with Gasteiger partial charge in [0.1, 0.15) is 18.8 Å². The molecule has 2 aromatic carbocycles. The molecule has 31 heavy (non-hydrogen) atoms. The van der Waals surface area contributed by atoms with Crippen LogP contribution in [0.4, 0.5) is 4.79 Å². The third-order valence-corrected chi connectivity index (χ3v) is 5.85. The number of aliphatic hydroxyl groups excluding tert-OH is 2. The van der Waals surface area contributed by atoms with Crippen LogP contribution in [-0.2, 0) is 20.7 Å². The van der Waals surface area contributed by atoms with Gasteiger partial charge >= 0.3 is 13.2 Å². The highest BCUT2D eigenvalue weighted by Gasteiger charge is 2.52. The number of hydrogen-bond donors (Lipinski definition) is 3. The normalized spacial score (nSPS) is 19.0. The number of ether oxygens (including phenoxy) is 1. The summed E-state index contributed by atoms with van der Waals surface area (Å²) in [5.41, 5.74) is 0.915. The zero-order chi connectivity index (χ0) is 22.6. The van der Waals surface area contributed by atoms with Crippen LogP contribution in [0.2, 0.25) is 0 Å². The summed E-state index contributed by atoms with van der Waals surface area (Å²) in [6.07, 6.45) is -3.16. The lowest BCUT2D eigenvalue weighted by atomic mass is 9.74. The van der Waals surface area contributed by atoms with E-state index in [-0.39, 0.29) is 13.2 Å². The van der Waals surface area contributed by atoms with Gasteiger partial charge in [0.15, 0.2) is 0 Å². The SMILES string of the molecule is CC1(C)OB(c2ccccc2C(O)C(O)CNC(=O)OCc2ccccc2)OC1(C)C. The van der Waals surface area contributed by atoms with Crippen LogP contribution in [0.5, 0.6) is 0 Å². The lowest BCUT2D eigenvalue weighted by Gasteiger charge is -2.32. The molecular weight excluding hydrogens is 397 g/mol. The second kappa shape index (κ2) is 9.40. The molecule has 7 nitrogen and oxygen atoms in total. The molecule has 2 aromatic rings. The molecule has 3 rings (SSSR count). The summed E-state index contributed by atoms with van der Waals surface area (Å²) in [4.78, 5) is 11.9. The number of benzene rings is 2. The maximum Gasteiger partial charge on any atom is 0.495 e. The Morgan fingerprint density at radius 3 is 2.23 bits per heavy atom. The van der Waals surface area contributed by atoms with Crippen molar-refractivity contribution in [3.8, 4) is 0 Å².